The lowest BCUT2D eigenvalue weighted by Gasteiger charge is -2.06. The average molecular weight is 330 g/mol. The van der Waals surface area contributed by atoms with E-state index in [1.165, 1.54) is 12.1 Å². The van der Waals surface area contributed by atoms with Crippen LogP contribution in [0.2, 0.25) is 10.2 Å². The first-order valence-electron chi connectivity index (χ1n) is 5.30. The third-order valence-corrected chi connectivity index (χ3v) is 2.80. The van der Waals surface area contributed by atoms with Crippen molar-refractivity contribution in [1.29, 1.82) is 0 Å². The highest BCUT2D eigenvalue weighted by Crippen LogP contribution is 2.33. The molecule has 0 atom stereocenters. The Kier molecular flexibility index (Phi) is 4.20. The maximum Gasteiger partial charge on any atom is 0.277 e. The van der Waals surface area contributed by atoms with Gasteiger partial charge in [-0.15, -0.1) is 0 Å². The number of nitro groups is 2. The van der Waals surface area contributed by atoms with Gasteiger partial charge in [0.05, 0.1) is 27.0 Å². The van der Waals surface area contributed by atoms with Crippen LogP contribution in [0.4, 0.5) is 11.4 Å². The predicted molar refractivity (Wildman–Crippen MR) is 74.1 cm³/mol. The summed E-state index contributed by atoms with van der Waals surface area (Å²) in [6.45, 7) is 0. The van der Waals surface area contributed by atoms with E-state index in [4.69, 9.17) is 27.9 Å². The van der Waals surface area contributed by atoms with Crippen molar-refractivity contribution in [2.45, 2.75) is 0 Å². The second-order valence-corrected chi connectivity index (χ2v) is 4.51. The molecular weight excluding hydrogens is 325 g/mol. The van der Waals surface area contributed by atoms with Gasteiger partial charge in [-0.3, -0.25) is 20.2 Å². The molecule has 2 aromatic rings. The fourth-order valence-corrected chi connectivity index (χ4v) is 1.82. The van der Waals surface area contributed by atoms with Crippen molar-refractivity contribution in [2.24, 2.45) is 0 Å². The highest BCUT2D eigenvalue weighted by molar-refractivity contribution is 6.32. The van der Waals surface area contributed by atoms with Crippen molar-refractivity contribution >= 4 is 34.6 Å². The summed E-state index contributed by atoms with van der Waals surface area (Å²) in [7, 11) is 0. The van der Waals surface area contributed by atoms with Crippen molar-refractivity contribution in [3.8, 4) is 11.6 Å². The number of hydrogen-bond donors (Lipinski definition) is 0. The smallest absolute Gasteiger partial charge is 0.277 e. The van der Waals surface area contributed by atoms with Crippen molar-refractivity contribution < 1.29 is 14.6 Å². The SMILES string of the molecule is O=[N+]([O-])c1cc(Cl)nc(Oc2ccc([N+](=O)[O-])cc2Cl)c1. The topological polar surface area (TPSA) is 108 Å². The van der Waals surface area contributed by atoms with Crippen molar-refractivity contribution in [3.05, 3.63) is 60.7 Å². The lowest BCUT2D eigenvalue weighted by molar-refractivity contribution is -0.385. The van der Waals surface area contributed by atoms with Crippen LogP contribution in [0.5, 0.6) is 11.6 Å². The summed E-state index contributed by atoms with van der Waals surface area (Å²) in [6, 6.07) is 5.65. The van der Waals surface area contributed by atoms with E-state index < -0.39 is 9.85 Å². The van der Waals surface area contributed by atoms with E-state index in [-0.39, 0.29) is 33.2 Å². The summed E-state index contributed by atoms with van der Waals surface area (Å²) >= 11 is 11.5. The van der Waals surface area contributed by atoms with Gasteiger partial charge in [-0.2, -0.15) is 0 Å². The molecule has 0 fully saturated rings. The molecule has 0 aliphatic carbocycles. The van der Waals surface area contributed by atoms with E-state index in [2.05, 4.69) is 4.98 Å². The van der Waals surface area contributed by atoms with Gasteiger partial charge in [0.2, 0.25) is 5.88 Å². The third kappa shape index (κ3) is 3.56. The Morgan fingerprint density at radius 3 is 2.24 bits per heavy atom. The zero-order valence-corrected chi connectivity index (χ0v) is 11.5. The normalized spacial score (nSPS) is 10.2. The Labute approximate surface area is 127 Å². The minimum atomic E-state index is -0.655. The number of halogens is 2. The Bertz CT molecular complexity index is 738. The van der Waals surface area contributed by atoms with Crippen molar-refractivity contribution in [2.75, 3.05) is 0 Å². The summed E-state index contributed by atoms with van der Waals surface area (Å²) in [4.78, 5) is 23.8. The Balaban J connectivity index is 2.34. The molecule has 1 heterocycles. The molecule has 21 heavy (non-hydrogen) atoms. The summed E-state index contributed by atoms with van der Waals surface area (Å²) in [5.74, 6) is -0.0868. The van der Waals surface area contributed by atoms with Crippen LogP contribution in [0, 0.1) is 20.2 Å². The first-order valence-corrected chi connectivity index (χ1v) is 6.06. The van der Waals surface area contributed by atoms with E-state index in [0.717, 1.165) is 18.2 Å². The quantitative estimate of drug-likeness (QED) is 0.476. The molecule has 0 aliphatic rings. The van der Waals surface area contributed by atoms with Crippen molar-refractivity contribution in [1.82, 2.24) is 4.98 Å². The standard InChI is InChI=1S/C11H5Cl2N3O5/c12-8-3-6(15(17)18)1-2-9(8)21-11-5-7(16(19)20)4-10(13)14-11/h1-5H. The molecule has 8 nitrogen and oxygen atoms in total. The van der Waals surface area contributed by atoms with E-state index in [9.17, 15) is 20.2 Å². The Morgan fingerprint density at radius 2 is 1.67 bits per heavy atom. The number of nitro benzene ring substituents is 1. The fourth-order valence-electron chi connectivity index (χ4n) is 1.42. The molecule has 0 radical (unpaired) electrons. The monoisotopic (exact) mass is 329 g/mol. The van der Waals surface area contributed by atoms with Gasteiger partial charge in [0.15, 0.2) is 0 Å². The minimum absolute atomic E-state index is 0.0337. The van der Waals surface area contributed by atoms with Gasteiger partial charge in [-0.1, -0.05) is 23.2 Å². The van der Waals surface area contributed by atoms with Gasteiger partial charge in [-0.25, -0.2) is 4.98 Å². The average Bonchev–Trinajstić information content (AvgIpc) is 2.40. The lowest BCUT2D eigenvalue weighted by Crippen LogP contribution is -1.94. The molecule has 0 N–H and O–H groups in total. The molecule has 1 aromatic carbocycles. The maximum absolute atomic E-state index is 10.7. The van der Waals surface area contributed by atoms with Crippen LogP contribution in [0.3, 0.4) is 0 Å². The van der Waals surface area contributed by atoms with Gasteiger partial charge in [0.1, 0.15) is 10.9 Å². The predicted octanol–water partition coefficient (Wildman–Crippen LogP) is 4.00. The molecule has 0 unspecified atom stereocenters. The van der Waals surface area contributed by atoms with Gasteiger partial charge >= 0.3 is 0 Å². The highest BCUT2D eigenvalue weighted by Gasteiger charge is 2.15. The van der Waals surface area contributed by atoms with Crippen LogP contribution in [0.1, 0.15) is 0 Å². The number of aromatic nitrogens is 1. The number of non-ortho nitro benzene ring substituents is 1. The third-order valence-electron chi connectivity index (χ3n) is 2.31. The maximum atomic E-state index is 10.7. The van der Waals surface area contributed by atoms with Gasteiger partial charge < -0.3 is 4.74 Å². The van der Waals surface area contributed by atoms with Crippen LogP contribution in [-0.2, 0) is 0 Å². The van der Waals surface area contributed by atoms with Crippen LogP contribution in [-0.4, -0.2) is 14.8 Å². The van der Waals surface area contributed by atoms with Gasteiger partial charge in [0, 0.05) is 12.1 Å². The van der Waals surface area contributed by atoms with Gasteiger partial charge in [0.25, 0.3) is 11.4 Å². The molecule has 0 saturated heterocycles. The van der Waals surface area contributed by atoms with E-state index >= 15 is 0 Å². The summed E-state index contributed by atoms with van der Waals surface area (Å²) in [6.07, 6.45) is 0. The second kappa shape index (κ2) is 5.90. The number of benzene rings is 1. The highest BCUT2D eigenvalue weighted by atomic mass is 35.5. The number of hydrogen-bond acceptors (Lipinski definition) is 6. The van der Waals surface area contributed by atoms with Crippen LogP contribution in [0.15, 0.2) is 30.3 Å². The first-order chi connectivity index (χ1) is 9.86. The van der Waals surface area contributed by atoms with Crippen LogP contribution < -0.4 is 4.74 Å². The second-order valence-electron chi connectivity index (χ2n) is 3.72. The zero-order chi connectivity index (χ0) is 15.6. The largest absolute Gasteiger partial charge is 0.437 e. The van der Waals surface area contributed by atoms with E-state index in [1.807, 2.05) is 0 Å². The number of pyridine rings is 1. The molecule has 0 bridgehead atoms. The molecule has 108 valence electrons. The molecule has 10 heteroatoms. The minimum Gasteiger partial charge on any atom is -0.437 e. The molecule has 0 spiro atoms. The molecule has 0 amide bonds. The van der Waals surface area contributed by atoms with E-state index in [0.29, 0.717) is 0 Å². The molecule has 0 saturated carbocycles. The number of rotatable bonds is 4. The lowest BCUT2D eigenvalue weighted by atomic mass is 10.3. The first kappa shape index (κ1) is 14.9. The van der Waals surface area contributed by atoms with Crippen LogP contribution >= 0.6 is 23.2 Å². The molecular formula is C11H5Cl2N3O5. The number of ether oxygens (including phenoxy) is 1. The number of nitrogens with zero attached hydrogens (tertiary/aromatic N) is 3. The Morgan fingerprint density at radius 1 is 1.00 bits per heavy atom. The molecule has 1 aromatic heterocycles. The molecule has 2 rings (SSSR count). The fraction of sp³-hybridized carbons (Fsp3) is 0. The van der Waals surface area contributed by atoms with E-state index in [1.54, 1.807) is 0 Å². The summed E-state index contributed by atoms with van der Waals surface area (Å²) < 4.78 is 5.26. The zero-order valence-electron chi connectivity index (χ0n) is 10.0. The molecule has 0 aliphatic heterocycles. The summed E-state index contributed by atoms with van der Waals surface area (Å²) in [5, 5.41) is 21.1. The van der Waals surface area contributed by atoms with Crippen molar-refractivity contribution in [3.63, 3.8) is 0 Å². The van der Waals surface area contributed by atoms with Crippen LogP contribution in [0.25, 0.3) is 0 Å². The Hall–Kier alpha value is -2.45. The summed E-state index contributed by atoms with van der Waals surface area (Å²) in [5.41, 5.74) is -0.514. The van der Waals surface area contributed by atoms with Gasteiger partial charge in [-0.05, 0) is 6.07 Å².